The highest BCUT2D eigenvalue weighted by Gasteiger charge is 2.13. The average molecular weight is 392 g/mol. The van der Waals surface area contributed by atoms with Crippen molar-refractivity contribution in [3.63, 3.8) is 0 Å². The topological polar surface area (TPSA) is 90.0 Å². The molecule has 3 heterocycles. The van der Waals surface area contributed by atoms with E-state index in [9.17, 15) is 9.59 Å². The fraction of sp³-hybridized carbons (Fsp3) is 0.100. The second-order valence-electron chi connectivity index (χ2n) is 6.05. The van der Waals surface area contributed by atoms with Crippen molar-refractivity contribution in [3.8, 4) is 22.2 Å². The summed E-state index contributed by atoms with van der Waals surface area (Å²) < 4.78 is 6.63. The van der Waals surface area contributed by atoms with E-state index in [4.69, 9.17) is 4.52 Å². The number of hydrogen-bond donors (Lipinski definition) is 1. The zero-order valence-electron chi connectivity index (χ0n) is 14.7. The molecule has 0 atom stereocenters. The minimum Gasteiger partial charge on any atom is -0.350 e. The Hall–Kier alpha value is -3.52. The monoisotopic (exact) mass is 392 g/mol. The van der Waals surface area contributed by atoms with Gasteiger partial charge >= 0.3 is 0 Å². The van der Waals surface area contributed by atoms with Crippen LogP contribution < -0.4 is 10.9 Å². The van der Waals surface area contributed by atoms with Crippen molar-refractivity contribution in [1.82, 2.24) is 20.0 Å². The van der Waals surface area contributed by atoms with Crippen LogP contribution in [0.4, 0.5) is 0 Å². The van der Waals surface area contributed by atoms with Gasteiger partial charge in [0.2, 0.25) is 11.7 Å². The highest BCUT2D eigenvalue weighted by atomic mass is 32.1. The Balaban J connectivity index is 1.48. The van der Waals surface area contributed by atoms with E-state index in [1.165, 1.54) is 22.0 Å². The number of pyridine rings is 1. The van der Waals surface area contributed by atoms with Crippen molar-refractivity contribution in [2.24, 2.45) is 0 Å². The fourth-order valence-corrected chi connectivity index (χ4v) is 3.28. The molecule has 3 aromatic heterocycles. The molecule has 0 aliphatic carbocycles. The van der Waals surface area contributed by atoms with Gasteiger partial charge in [0.1, 0.15) is 6.54 Å². The molecule has 0 saturated carbocycles. The Morgan fingerprint density at radius 2 is 1.96 bits per heavy atom. The maximum absolute atomic E-state index is 12.2. The number of nitrogens with one attached hydrogen (secondary N) is 1. The number of nitrogens with zero attached hydrogens (tertiary/aromatic N) is 3. The van der Waals surface area contributed by atoms with Crippen molar-refractivity contribution >= 4 is 17.2 Å². The summed E-state index contributed by atoms with van der Waals surface area (Å²) in [7, 11) is 0. The van der Waals surface area contributed by atoms with Crippen LogP contribution in [0.5, 0.6) is 0 Å². The van der Waals surface area contributed by atoms with Crippen molar-refractivity contribution in [2.45, 2.75) is 13.1 Å². The summed E-state index contributed by atoms with van der Waals surface area (Å²) >= 11 is 1.51. The largest absolute Gasteiger partial charge is 0.350 e. The standard InChI is InChI=1S/C20H16N4O3S/c25-17(21-11-14-5-2-1-3-6-14)13-24-12-15(8-9-18(24)26)20-22-19(23-27-20)16-7-4-10-28-16/h1-10,12H,11,13H2,(H,21,25). The minimum absolute atomic E-state index is 0.0918. The molecule has 7 nitrogen and oxygen atoms in total. The van der Waals surface area contributed by atoms with Crippen LogP contribution in [0.3, 0.4) is 0 Å². The van der Waals surface area contributed by atoms with Gasteiger partial charge in [0.25, 0.3) is 11.4 Å². The second-order valence-corrected chi connectivity index (χ2v) is 6.99. The van der Waals surface area contributed by atoms with Crippen LogP contribution in [0.2, 0.25) is 0 Å². The van der Waals surface area contributed by atoms with Gasteiger partial charge in [0.05, 0.1) is 10.4 Å². The molecule has 0 fully saturated rings. The van der Waals surface area contributed by atoms with Gasteiger partial charge in [-0.15, -0.1) is 11.3 Å². The molecule has 4 aromatic rings. The number of amides is 1. The summed E-state index contributed by atoms with van der Waals surface area (Å²) in [5.41, 5.74) is 1.28. The molecule has 0 unspecified atom stereocenters. The Morgan fingerprint density at radius 3 is 2.75 bits per heavy atom. The van der Waals surface area contributed by atoms with Crippen LogP contribution in [0.25, 0.3) is 22.2 Å². The molecule has 0 bridgehead atoms. The van der Waals surface area contributed by atoms with Crippen LogP contribution >= 0.6 is 11.3 Å². The van der Waals surface area contributed by atoms with E-state index in [2.05, 4.69) is 15.5 Å². The number of hydrogen-bond acceptors (Lipinski definition) is 6. The van der Waals surface area contributed by atoms with Crippen LogP contribution in [0.1, 0.15) is 5.56 Å². The van der Waals surface area contributed by atoms with Gasteiger partial charge in [-0.1, -0.05) is 41.6 Å². The first-order valence-electron chi connectivity index (χ1n) is 8.58. The molecule has 0 saturated heterocycles. The van der Waals surface area contributed by atoms with Crippen LogP contribution in [-0.2, 0) is 17.9 Å². The number of rotatable bonds is 6. The van der Waals surface area contributed by atoms with Gasteiger partial charge in [0, 0.05) is 18.8 Å². The van der Waals surface area contributed by atoms with Crippen molar-refractivity contribution in [3.05, 3.63) is 82.1 Å². The minimum atomic E-state index is -0.281. The van der Waals surface area contributed by atoms with Crippen LogP contribution in [0.15, 0.2) is 75.5 Å². The van der Waals surface area contributed by atoms with Crippen LogP contribution in [-0.4, -0.2) is 20.6 Å². The average Bonchev–Trinajstić information content (AvgIpc) is 3.41. The van der Waals surface area contributed by atoms with E-state index < -0.39 is 0 Å². The SMILES string of the molecule is O=C(Cn1cc(-c2nc(-c3cccs3)no2)ccc1=O)NCc1ccccc1. The maximum atomic E-state index is 12.2. The Bertz CT molecular complexity index is 1130. The van der Waals surface area contributed by atoms with E-state index >= 15 is 0 Å². The summed E-state index contributed by atoms with van der Waals surface area (Å²) in [4.78, 5) is 29.6. The summed E-state index contributed by atoms with van der Waals surface area (Å²) in [5, 5.41) is 8.71. The van der Waals surface area contributed by atoms with E-state index in [-0.39, 0.29) is 18.0 Å². The molecule has 0 spiro atoms. The van der Waals surface area contributed by atoms with Gasteiger partial charge < -0.3 is 14.4 Å². The normalized spacial score (nSPS) is 10.7. The Kier molecular flexibility index (Phi) is 5.11. The third-order valence-electron chi connectivity index (χ3n) is 4.04. The van der Waals surface area contributed by atoms with Gasteiger partial charge in [-0.3, -0.25) is 9.59 Å². The number of thiophene rings is 1. The molecule has 8 heteroatoms. The van der Waals surface area contributed by atoms with E-state index in [1.54, 1.807) is 12.3 Å². The van der Waals surface area contributed by atoms with Crippen molar-refractivity contribution in [2.75, 3.05) is 0 Å². The molecule has 140 valence electrons. The molecule has 1 aromatic carbocycles. The summed E-state index contributed by atoms with van der Waals surface area (Å²) in [6.45, 7) is 0.313. The van der Waals surface area contributed by atoms with Crippen LogP contribution in [0, 0.1) is 0 Å². The van der Waals surface area contributed by atoms with E-state index in [0.717, 1.165) is 10.4 Å². The third-order valence-corrected chi connectivity index (χ3v) is 4.91. The van der Waals surface area contributed by atoms with Crippen molar-refractivity contribution in [1.29, 1.82) is 0 Å². The molecular formula is C20H16N4O3S. The highest BCUT2D eigenvalue weighted by Crippen LogP contribution is 2.24. The lowest BCUT2D eigenvalue weighted by molar-refractivity contribution is -0.121. The van der Waals surface area contributed by atoms with Gasteiger partial charge in [-0.25, -0.2) is 0 Å². The lowest BCUT2D eigenvalue weighted by Crippen LogP contribution is -2.31. The highest BCUT2D eigenvalue weighted by molar-refractivity contribution is 7.13. The molecule has 0 radical (unpaired) electrons. The number of carbonyl (C=O) groups is 1. The summed E-state index contributed by atoms with van der Waals surface area (Å²) in [6, 6.07) is 16.4. The summed E-state index contributed by atoms with van der Waals surface area (Å²) in [6.07, 6.45) is 1.55. The molecule has 0 aliphatic rings. The predicted octanol–water partition coefficient (Wildman–Crippen LogP) is 2.94. The quantitative estimate of drug-likeness (QED) is 0.545. The molecule has 28 heavy (non-hydrogen) atoms. The van der Waals surface area contributed by atoms with Gasteiger partial charge in [0.15, 0.2) is 0 Å². The first-order valence-corrected chi connectivity index (χ1v) is 9.46. The first-order chi connectivity index (χ1) is 13.7. The third kappa shape index (κ3) is 4.07. The van der Waals surface area contributed by atoms with E-state index in [1.807, 2.05) is 47.8 Å². The first kappa shape index (κ1) is 17.9. The molecule has 0 aliphatic heterocycles. The predicted molar refractivity (Wildman–Crippen MR) is 106 cm³/mol. The molecule has 4 rings (SSSR count). The Morgan fingerprint density at radius 1 is 1.11 bits per heavy atom. The smallest absolute Gasteiger partial charge is 0.259 e. The molecule has 1 N–H and O–H groups in total. The fourth-order valence-electron chi connectivity index (χ4n) is 2.64. The molecular weight excluding hydrogens is 376 g/mol. The second kappa shape index (κ2) is 8.01. The zero-order valence-corrected chi connectivity index (χ0v) is 15.6. The molecule has 1 amide bonds. The van der Waals surface area contributed by atoms with Gasteiger partial charge in [-0.2, -0.15) is 4.98 Å². The van der Waals surface area contributed by atoms with E-state index in [0.29, 0.717) is 23.8 Å². The van der Waals surface area contributed by atoms with Gasteiger partial charge in [-0.05, 0) is 23.1 Å². The maximum Gasteiger partial charge on any atom is 0.259 e. The number of benzene rings is 1. The zero-order chi connectivity index (χ0) is 19.3. The number of aromatic nitrogens is 3. The van der Waals surface area contributed by atoms with Crippen molar-refractivity contribution < 1.29 is 9.32 Å². The Labute approximate surface area is 164 Å². The number of carbonyl (C=O) groups excluding carboxylic acids is 1. The lowest BCUT2D eigenvalue weighted by Gasteiger charge is -2.08. The lowest BCUT2D eigenvalue weighted by atomic mass is 10.2. The summed E-state index contributed by atoms with van der Waals surface area (Å²) in [5.74, 6) is 0.526.